The topological polar surface area (TPSA) is 63.8 Å². The Morgan fingerprint density at radius 3 is 2.64 bits per heavy atom. The third kappa shape index (κ3) is 2.58. The second-order valence-electron chi connectivity index (χ2n) is 3.42. The first-order valence-electron chi connectivity index (χ1n) is 4.99. The van der Waals surface area contributed by atoms with Crippen LogP contribution in [0, 0.1) is 13.8 Å². The zero-order valence-corrected chi connectivity index (χ0v) is 9.09. The molecule has 0 saturated heterocycles. The van der Waals surface area contributed by atoms with E-state index in [1.54, 1.807) is 0 Å². The Bertz CT molecular complexity index is 309. The third-order valence-corrected chi connectivity index (χ3v) is 2.23. The first-order valence-corrected chi connectivity index (χ1v) is 4.99. The maximum Gasteiger partial charge on any atom is 0.222 e. The average molecular weight is 194 g/mol. The van der Waals surface area contributed by atoms with Crippen LogP contribution >= 0.6 is 0 Å². The Morgan fingerprint density at radius 1 is 1.29 bits per heavy atom. The van der Waals surface area contributed by atoms with Gasteiger partial charge in [0.1, 0.15) is 5.82 Å². The van der Waals surface area contributed by atoms with Crippen molar-refractivity contribution in [3.05, 3.63) is 11.3 Å². The summed E-state index contributed by atoms with van der Waals surface area (Å²) < 4.78 is 0. The molecule has 3 N–H and O–H groups in total. The molecule has 1 heterocycles. The van der Waals surface area contributed by atoms with E-state index in [-0.39, 0.29) is 0 Å². The van der Waals surface area contributed by atoms with Crippen molar-refractivity contribution < 1.29 is 0 Å². The van der Waals surface area contributed by atoms with Crippen LogP contribution in [0.25, 0.3) is 0 Å². The lowest BCUT2D eigenvalue weighted by atomic mass is 10.2. The summed E-state index contributed by atoms with van der Waals surface area (Å²) in [5.41, 5.74) is 7.59. The number of hydrogen-bond acceptors (Lipinski definition) is 4. The van der Waals surface area contributed by atoms with Crippen LogP contribution in [0.3, 0.4) is 0 Å². The molecule has 0 aromatic carbocycles. The van der Waals surface area contributed by atoms with Crippen LogP contribution in [0.5, 0.6) is 0 Å². The van der Waals surface area contributed by atoms with Crippen molar-refractivity contribution in [3.8, 4) is 0 Å². The molecule has 1 aromatic rings. The minimum absolute atomic E-state index is 0.340. The fraction of sp³-hybridized carbons (Fsp3) is 0.600. The first-order chi connectivity index (χ1) is 6.65. The Hall–Kier alpha value is -1.32. The number of anilines is 2. The molecule has 4 nitrogen and oxygen atoms in total. The summed E-state index contributed by atoms with van der Waals surface area (Å²) in [6, 6.07) is 0. The minimum Gasteiger partial charge on any atom is -0.370 e. The molecule has 0 amide bonds. The number of rotatable bonds is 4. The summed E-state index contributed by atoms with van der Waals surface area (Å²) in [5, 5.41) is 3.26. The van der Waals surface area contributed by atoms with Crippen LogP contribution in [0.15, 0.2) is 0 Å². The molecule has 0 aliphatic rings. The van der Waals surface area contributed by atoms with E-state index in [2.05, 4.69) is 22.2 Å². The lowest BCUT2D eigenvalue weighted by Gasteiger charge is -2.09. The summed E-state index contributed by atoms with van der Waals surface area (Å²) in [5.74, 6) is 1.20. The third-order valence-electron chi connectivity index (χ3n) is 2.23. The Kier molecular flexibility index (Phi) is 3.68. The Morgan fingerprint density at radius 2 is 2.00 bits per heavy atom. The molecule has 1 rings (SSSR count). The lowest BCUT2D eigenvalue weighted by molar-refractivity contribution is 0.829. The molecule has 0 bridgehead atoms. The second-order valence-corrected chi connectivity index (χ2v) is 3.42. The Balaban J connectivity index is 2.75. The predicted octanol–water partition coefficient (Wildman–Crippen LogP) is 1.89. The van der Waals surface area contributed by atoms with E-state index in [0.29, 0.717) is 5.95 Å². The van der Waals surface area contributed by atoms with E-state index in [1.165, 1.54) is 6.42 Å². The van der Waals surface area contributed by atoms with Gasteiger partial charge in [-0.25, -0.2) is 4.98 Å². The molecule has 0 fully saturated rings. The molecular weight excluding hydrogens is 176 g/mol. The molecule has 0 aliphatic carbocycles. The van der Waals surface area contributed by atoms with Crippen LogP contribution < -0.4 is 11.1 Å². The standard InChI is InChI=1S/C10H18N4/c1-4-5-6-12-9-7(2)8(3)13-10(11)14-9/h4-6H2,1-3H3,(H3,11,12,13,14). The number of nitrogens with two attached hydrogens (primary N) is 1. The molecule has 4 heteroatoms. The van der Waals surface area contributed by atoms with Gasteiger partial charge in [-0.15, -0.1) is 0 Å². The van der Waals surface area contributed by atoms with Crippen LogP contribution in [0.1, 0.15) is 31.0 Å². The number of hydrogen-bond donors (Lipinski definition) is 2. The number of aromatic nitrogens is 2. The zero-order valence-electron chi connectivity index (χ0n) is 9.09. The van der Waals surface area contributed by atoms with Gasteiger partial charge in [0.25, 0.3) is 0 Å². The minimum atomic E-state index is 0.340. The van der Waals surface area contributed by atoms with Gasteiger partial charge in [0, 0.05) is 17.8 Å². The predicted molar refractivity (Wildman–Crippen MR) is 59.3 cm³/mol. The molecule has 1 aromatic heterocycles. The summed E-state index contributed by atoms with van der Waals surface area (Å²) in [4.78, 5) is 8.25. The fourth-order valence-corrected chi connectivity index (χ4v) is 1.21. The number of unbranched alkanes of at least 4 members (excludes halogenated alkanes) is 1. The largest absolute Gasteiger partial charge is 0.370 e. The molecule has 0 saturated carbocycles. The molecule has 0 radical (unpaired) electrons. The monoisotopic (exact) mass is 194 g/mol. The second kappa shape index (κ2) is 4.79. The smallest absolute Gasteiger partial charge is 0.222 e. The van der Waals surface area contributed by atoms with Gasteiger partial charge in [0.15, 0.2) is 0 Å². The highest BCUT2D eigenvalue weighted by molar-refractivity contribution is 5.48. The molecule has 14 heavy (non-hydrogen) atoms. The molecule has 0 aliphatic heterocycles. The van der Waals surface area contributed by atoms with Crippen molar-refractivity contribution in [3.63, 3.8) is 0 Å². The number of nitrogens with one attached hydrogen (secondary N) is 1. The highest BCUT2D eigenvalue weighted by Gasteiger charge is 2.04. The molecule has 0 atom stereocenters. The van der Waals surface area contributed by atoms with E-state index in [0.717, 1.165) is 30.0 Å². The van der Waals surface area contributed by atoms with Crippen molar-refractivity contribution in [1.82, 2.24) is 9.97 Å². The van der Waals surface area contributed by atoms with E-state index in [4.69, 9.17) is 5.73 Å². The van der Waals surface area contributed by atoms with Crippen molar-refractivity contribution in [2.24, 2.45) is 0 Å². The van der Waals surface area contributed by atoms with Gasteiger partial charge in [0.2, 0.25) is 5.95 Å². The van der Waals surface area contributed by atoms with Crippen LogP contribution in [0.2, 0.25) is 0 Å². The SMILES string of the molecule is CCCCNc1nc(N)nc(C)c1C. The summed E-state index contributed by atoms with van der Waals surface area (Å²) in [6.07, 6.45) is 2.31. The van der Waals surface area contributed by atoms with E-state index >= 15 is 0 Å². The van der Waals surface area contributed by atoms with Crippen molar-refractivity contribution >= 4 is 11.8 Å². The van der Waals surface area contributed by atoms with Gasteiger partial charge < -0.3 is 11.1 Å². The van der Waals surface area contributed by atoms with Gasteiger partial charge >= 0.3 is 0 Å². The van der Waals surface area contributed by atoms with Crippen molar-refractivity contribution in [2.45, 2.75) is 33.6 Å². The molecule has 78 valence electrons. The quantitative estimate of drug-likeness (QED) is 0.718. The van der Waals surface area contributed by atoms with Crippen LogP contribution in [0.4, 0.5) is 11.8 Å². The van der Waals surface area contributed by atoms with Crippen molar-refractivity contribution in [1.29, 1.82) is 0 Å². The first kappa shape index (κ1) is 10.8. The highest BCUT2D eigenvalue weighted by Crippen LogP contribution is 2.15. The molecule has 0 unspecified atom stereocenters. The molecular formula is C10H18N4. The van der Waals surface area contributed by atoms with E-state index < -0.39 is 0 Å². The molecule has 0 spiro atoms. The lowest BCUT2D eigenvalue weighted by Crippen LogP contribution is -2.09. The summed E-state index contributed by atoms with van der Waals surface area (Å²) in [6.45, 7) is 7.04. The van der Waals surface area contributed by atoms with Crippen LogP contribution in [-0.4, -0.2) is 16.5 Å². The van der Waals surface area contributed by atoms with Gasteiger partial charge in [-0.3, -0.25) is 0 Å². The van der Waals surface area contributed by atoms with Gasteiger partial charge in [-0.2, -0.15) is 4.98 Å². The summed E-state index contributed by atoms with van der Waals surface area (Å²) >= 11 is 0. The maximum atomic E-state index is 5.57. The fourth-order valence-electron chi connectivity index (χ4n) is 1.21. The summed E-state index contributed by atoms with van der Waals surface area (Å²) in [7, 11) is 0. The van der Waals surface area contributed by atoms with E-state index in [9.17, 15) is 0 Å². The number of nitrogen functional groups attached to an aromatic ring is 1. The van der Waals surface area contributed by atoms with Crippen molar-refractivity contribution in [2.75, 3.05) is 17.6 Å². The Labute approximate surface area is 85.0 Å². The van der Waals surface area contributed by atoms with Gasteiger partial charge in [0.05, 0.1) is 0 Å². The highest BCUT2D eigenvalue weighted by atomic mass is 15.1. The van der Waals surface area contributed by atoms with E-state index in [1.807, 2.05) is 13.8 Å². The van der Waals surface area contributed by atoms with Gasteiger partial charge in [-0.05, 0) is 20.3 Å². The van der Waals surface area contributed by atoms with Crippen LogP contribution in [-0.2, 0) is 0 Å². The van der Waals surface area contributed by atoms with Gasteiger partial charge in [-0.1, -0.05) is 13.3 Å². The number of aryl methyl sites for hydroxylation is 1. The maximum absolute atomic E-state index is 5.57. The number of nitrogens with zero attached hydrogens (tertiary/aromatic N) is 2. The normalized spacial score (nSPS) is 10.2. The average Bonchev–Trinajstić information content (AvgIpc) is 2.13. The zero-order chi connectivity index (χ0) is 10.6.